The van der Waals surface area contributed by atoms with Gasteiger partial charge in [-0.3, -0.25) is 0 Å². The third-order valence-electron chi connectivity index (χ3n) is 7.72. The van der Waals surface area contributed by atoms with Gasteiger partial charge in [-0.05, 0) is 82.1 Å². The zero-order valence-corrected chi connectivity index (χ0v) is 23.2. The molecule has 2 aliphatic rings. The highest BCUT2D eigenvalue weighted by molar-refractivity contribution is 5.68. The standard InChI is InChI=1S/C30H42N6O2/c1-29(2,3)38-28(37)35-25-22-13-8-14-23(25)17-30(4,16-22)20-34-26-24(18-31)19-33-27(36-26)32-15-9-12-21-10-6-5-7-11-21/h5-7,10-11,19,22-23,25H,8-9,12-17,20H2,1-4H3,(H,35,37)(H2,32,33,34,36)/t22-,23+,25-,30?. The molecular weight excluding hydrogens is 476 g/mol. The van der Waals surface area contributed by atoms with Crippen molar-refractivity contribution in [3.05, 3.63) is 47.7 Å². The Labute approximate surface area is 227 Å². The lowest BCUT2D eigenvalue weighted by molar-refractivity contribution is 0.0155. The highest BCUT2D eigenvalue weighted by Crippen LogP contribution is 2.49. The minimum Gasteiger partial charge on any atom is -0.444 e. The molecule has 3 N–H and O–H groups in total. The number of anilines is 2. The molecule has 4 rings (SSSR count). The summed E-state index contributed by atoms with van der Waals surface area (Å²) in [6.07, 6.45) is 8.67. The lowest BCUT2D eigenvalue weighted by atomic mass is 9.59. The molecule has 0 radical (unpaired) electrons. The summed E-state index contributed by atoms with van der Waals surface area (Å²) in [5.41, 5.74) is 1.30. The Bertz CT molecular complexity index is 1110. The summed E-state index contributed by atoms with van der Waals surface area (Å²) < 4.78 is 5.54. The molecule has 2 fully saturated rings. The van der Waals surface area contributed by atoms with Gasteiger partial charge in [-0.2, -0.15) is 10.2 Å². The molecule has 1 aromatic heterocycles. The molecule has 0 aliphatic heterocycles. The van der Waals surface area contributed by atoms with Gasteiger partial charge in [-0.1, -0.05) is 43.7 Å². The molecule has 1 aromatic carbocycles. The molecule has 0 spiro atoms. The molecule has 1 unspecified atom stereocenters. The van der Waals surface area contributed by atoms with E-state index in [9.17, 15) is 10.1 Å². The Morgan fingerprint density at radius 1 is 1.16 bits per heavy atom. The van der Waals surface area contributed by atoms with Crippen LogP contribution in [0.4, 0.5) is 16.6 Å². The van der Waals surface area contributed by atoms with E-state index >= 15 is 0 Å². The van der Waals surface area contributed by atoms with Crippen molar-refractivity contribution in [1.29, 1.82) is 5.26 Å². The van der Waals surface area contributed by atoms with Crippen LogP contribution in [-0.2, 0) is 11.2 Å². The number of rotatable bonds is 9. The molecule has 2 aliphatic carbocycles. The van der Waals surface area contributed by atoms with Gasteiger partial charge < -0.3 is 20.7 Å². The SMILES string of the molecule is CC1(CNc2nc(NCCCc3ccccc3)ncc2C#N)C[C@H]2CCC[C@@H](C1)[C@@H]2NC(=O)OC(C)(C)C. The summed E-state index contributed by atoms with van der Waals surface area (Å²) in [6, 6.07) is 12.8. The molecule has 2 bridgehead atoms. The average Bonchev–Trinajstić information content (AvgIpc) is 2.86. The summed E-state index contributed by atoms with van der Waals surface area (Å²) in [5, 5.41) is 19.6. The van der Waals surface area contributed by atoms with Gasteiger partial charge in [-0.25, -0.2) is 9.78 Å². The minimum absolute atomic E-state index is 0.0445. The van der Waals surface area contributed by atoms with Crippen molar-refractivity contribution >= 4 is 17.9 Å². The second kappa shape index (κ2) is 12.0. The van der Waals surface area contributed by atoms with Gasteiger partial charge in [-0.15, -0.1) is 0 Å². The van der Waals surface area contributed by atoms with Gasteiger partial charge in [0.05, 0.1) is 6.20 Å². The fraction of sp³-hybridized carbons (Fsp3) is 0.600. The summed E-state index contributed by atoms with van der Waals surface area (Å²) in [5.74, 6) is 1.95. The van der Waals surface area contributed by atoms with Gasteiger partial charge in [0.15, 0.2) is 0 Å². The predicted molar refractivity (Wildman–Crippen MR) is 150 cm³/mol. The minimum atomic E-state index is -0.502. The van der Waals surface area contributed by atoms with E-state index in [0.29, 0.717) is 29.2 Å². The molecule has 8 nitrogen and oxygen atoms in total. The number of nitrogens with zero attached hydrogens (tertiary/aromatic N) is 3. The van der Waals surface area contributed by atoms with Gasteiger partial charge in [0, 0.05) is 19.1 Å². The number of benzene rings is 1. The summed E-state index contributed by atoms with van der Waals surface area (Å²) in [4.78, 5) is 21.5. The lowest BCUT2D eigenvalue weighted by Crippen LogP contribution is -2.55. The first kappa shape index (κ1) is 27.7. The largest absolute Gasteiger partial charge is 0.444 e. The molecule has 4 atom stereocenters. The maximum Gasteiger partial charge on any atom is 0.407 e. The molecule has 2 saturated carbocycles. The van der Waals surface area contributed by atoms with Crippen LogP contribution in [-0.4, -0.2) is 40.8 Å². The second-order valence-corrected chi connectivity index (χ2v) is 12.3. The highest BCUT2D eigenvalue weighted by Gasteiger charge is 2.46. The van der Waals surface area contributed by atoms with Crippen LogP contribution in [0.1, 0.15) is 77.3 Å². The zero-order valence-electron chi connectivity index (χ0n) is 23.2. The number of aryl methyl sites for hydroxylation is 1. The number of hydrogen-bond donors (Lipinski definition) is 3. The van der Waals surface area contributed by atoms with Crippen LogP contribution in [0.2, 0.25) is 0 Å². The smallest absolute Gasteiger partial charge is 0.407 e. The zero-order chi connectivity index (χ0) is 27.2. The van der Waals surface area contributed by atoms with Crippen LogP contribution in [0.3, 0.4) is 0 Å². The molecule has 0 saturated heterocycles. The molecule has 1 heterocycles. The first-order valence-electron chi connectivity index (χ1n) is 13.9. The normalized spacial score (nSPS) is 24.7. The molecule has 204 valence electrons. The van der Waals surface area contributed by atoms with Crippen molar-refractivity contribution in [2.75, 3.05) is 23.7 Å². The Kier molecular flexibility index (Phi) is 8.76. The van der Waals surface area contributed by atoms with E-state index in [1.807, 2.05) is 26.8 Å². The van der Waals surface area contributed by atoms with Crippen molar-refractivity contribution in [1.82, 2.24) is 15.3 Å². The van der Waals surface area contributed by atoms with E-state index in [4.69, 9.17) is 4.74 Å². The van der Waals surface area contributed by atoms with E-state index in [0.717, 1.165) is 51.6 Å². The fourth-order valence-corrected chi connectivity index (χ4v) is 6.14. The van der Waals surface area contributed by atoms with Crippen LogP contribution >= 0.6 is 0 Å². The molecule has 8 heteroatoms. The number of hydrogen-bond acceptors (Lipinski definition) is 7. The number of carbonyl (C=O) groups excluding carboxylic acids is 1. The summed E-state index contributed by atoms with van der Waals surface area (Å²) in [6.45, 7) is 9.47. The number of alkyl carbamates (subject to hydrolysis) is 1. The summed E-state index contributed by atoms with van der Waals surface area (Å²) in [7, 11) is 0. The number of carbonyl (C=O) groups is 1. The molecular formula is C30H42N6O2. The van der Waals surface area contributed by atoms with Crippen LogP contribution in [0.15, 0.2) is 36.5 Å². The third-order valence-corrected chi connectivity index (χ3v) is 7.72. The maximum atomic E-state index is 12.5. The van der Waals surface area contributed by atoms with Crippen LogP contribution in [0.25, 0.3) is 0 Å². The van der Waals surface area contributed by atoms with Crippen LogP contribution in [0.5, 0.6) is 0 Å². The molecule has 1 amide bonds. The van der Waals surface area contributed by atoms with Gasteiger partial charge in [0.25, 0.3) is 0 Å². The van der Waals surface area contributed by atoms with Crippen molar-refractivity contribution in [2.24, 2.45) is 17.3 Å². The van der Waals surface area contributed by atoms with Crippen molar-refractivity contribution in [3.8, 4) is 6.07 Å². The first-order valence-corrected chi connectivity index (χ1v) is 13.9. The number of aromatic nitrogens is 2. The monoisotopic (exact) mass is 518 g/mol. The Morgan fingerprint density at radius 2 is 1.87 bits per heavy atom. The molecule has 38 heavy (non-hydrogen) atoms. The number of fused-ring (bicyclic) bond motifs is 2. The first-order chi connectivity index (χ1) is 18.1. The predicted octanol–water partition coefficient (Wildman–Crippen LogP) is 5.91. The van der Waals surface area contributed by atoms with Gasteiger partial charge in [0.2, 0.25) is 5.95 Å². The van der Waals surface area contributed by atoms with Crippen molar-refractivity contribution in [2.45, 2.75) is 84.3 Å². The number of nitriles is 1. The Morgan fingerprint density at radius 3 is 2.53 bits per heavy atom. The summed E-state index contributed by atoms with van der Waals surface area (Å²) >= 11 is 0. The average molecular weight is 519 g/mol. The van der Waals surface area contributed by atoms with Crippen LogP contribution < -0.4 is 16.0 Å². The number of ether oxygens (including phenoxy) is 1. The highest BCUT2D eigenvalue weighted by atomic mass is 16.6. The lowest BCUT2D eigenvalue weighted by Gasteiger charge is -2.50. The van der Waals surface area contributed by atoms with Crippen molar-refractivity contribution in [3.63, 3.8) is 0 Å². The van der Waals surface area contributed by atoms with Gasteiger partial charge in [0.1, 0.15) is 23.1 Å². The third kappa shape index (κ3) is 7.59. The molecule has 2 aromatic rings. The van der Waals surface area contributed by atoms with Crippen LogP contribution in [0, 0.1) is 28.6 Å². The maximum absolute atomic E-state index is 12.5. The van der Waals surface area contributed by atoms with E-state index < -0.39 is 5.60 Å². The van der Waals surface area contributed by atoms with Crippen molar-refractivity contribution < 1.29 is 9.53 Å². The Hall–Kier alpha value is -3.34. The van der Waals surface area contributed by atoms with E-state index in [2.05, 4.69) is 63.2 Å². The number of amides is 1. The number of nitrogens with one attached hydrogen (secondary N) is 3. The van der Waals surface area contributed by atoms with E-state index in [1.165, 1.54) is 12.0 Å². The van der Waals surface area contributed by atoms with E-state index in [1.54, 1.807) is 6.20 Å². The quantitative estimate of drug-likeness (QED) is 0.354. The topological polar surface area (TPSA) is 112 Å². The van der Waals surface area contributed by atoms with Gasteiger partial charge >= 0.3 is 6.09 Å². The second-order valence-electron chi connectivity index (χ2n) is 12.3. The Balaban J connectivity index is 1.33. The van der Waals surface area contributed by atoms with E-state index in [-0.39, 0.29) is 17.6 Å². The fourth-order valence-electron chi connectivity index (χ4n) is 6.14.